The van der Waals surface area contributed by atoms with Crippen LogP contribution in [-0.2, 0) is 0 Å². The largest absolute Gasteiger partial charge is 0.369 e. The second kappa shape index (κ2) is 5.60. The molecule has 3 nitrogen and oxygen atoms in total. The summed E-state index contributed by atoms with van der Waals surface area (Å²) < 4.78 is 0. The summed E-state index contributed by atoms with van der Waals surface area (Å²) in [7, 11) is 0. The first-order valence-electron chi connectivity index (χ1n) is 5.14. The van der Waals surface area contributed by atoms with Crippen LogP contribution in [0, 0.1) is 5.92 Å². The first kappa shape index (κ1) is 11.0. The van der Waals surface area contributed by atoms with Crippen LogP contribution in [-0.4, -0.2) is 17.6 Å². The Bertz CT molecular complexity index is 248. The van der Waals surface area contributed by atoms with Gasteiger partial charge in [0.05, 0.1) is 0 Å². The first-order valence-corrected chi connectivity index (χ1v) is 5.14. The third kappa shape index (κ3) is 3.34. The van der Waals surface area contributed by atoms with E-state index < -0.39 is 0 Å². The number of aromatic nitrogens is 1. The molecule has 0 aliphatic heterocycles. The third-order valence-electron chi connectivity index (χ3n) is 2.56. The van der Waals surface area contributed by atoms with Gasteiger partial charge in [-0.2, -0.15) is 0 Å². The molecule has 0 aromatic carbocycles. The van der Waals surface area contributed by atoms with Gasteiger partial charge in [-0.3, -0.25) is 0 Å². The molecule has 1 aromatic rings. The molecular weight excluding hydrogens is 174 g/mol. The minimum atomic E-state index is 0.196. The maximum Gasteiger partial charge on any atom is 0.125 e. The average Bonchev–Trinajstić information content (AvgIpc) is 2.26. The van der Waals surface area contributed by atoms with Crippen LogP contribution in [0.15, 0.2) is 24.4 Å². The minimum Gasteiger partial charge on any atom is -0.369 e. The fourth-order valence-electron chi connectivity index (χ4n) is 1.19. The lowest BCUT2D eigenvalue weighted by molar-refractivity contribution is 0.457. The van der Waals surface area contributed by atoms with Gasteiger partial charge in [0.1, 0.15) is 5.82 Å². The van der Waals surface area contributed by atoms with Crippen molar-refractivity contribution in [3.63, 3.8) is 0 Å². The highest BCUT2D eigenvalue weighted by molar-refractivity contribution is 5.33. The maximum absolute atomic E-state index is 5.99. The fourth-order valence-corrected chi connectivity index (χ4v) is 1.19. The number of rotatable bonds is 5. The van der Waals surface area contributed by atoms with Gasteiger partial charge < -0.3 is 11.1 Å². The molecule has 0 aliphatic rings. The molecule has 0 spiro atoms. The summed E-state index contributed by atoms with van der Waals surface area (Å²) in [6.45, 7) is 5.11. The van der Waals surface area contributed by atoms with E-state index in [4.69, 9.17) is 5.73 Å². The Morgan fingerprint density at radius 3 is 2.86 bits per heavy atom. The molecule has 3 N–H and O–H groups in total. The smallest absolute Gasteiger partial charge is 0.125 e. The Morgan fingerprint density at radius 2 is 2.29 bits per heavy atom. The van der Waals surface area contributed by atoms with E-state index in [0.717, 1.165) is 18.8 Å². The second-order valence-corrected chi connectivity index (χ2v) is 3.65. The van der Waals surface area contributed by atoms with Crippen molar-refractivity contribution < 1.29 is 0 Å². The summed E-state index contributed by atoms with van der Waals surface area (Å²) >= 11 is 0. The van der Waals surface area contributed by atoms with Crippen LogP contribution in [0.3, 0.4) is 0 Å². The van der Waals surface area contributed by atoms with Crippen molar-refractivity contribution in [1.29, 1.82) is 0 Å². The van der Waals surface area contributed by atoms with Crippen LogP contribution >= 0.6 is 0 Å². The van der Waals surface area contributed by atoms with E-state index in [9.17, 15) is 0 Å². The molecular formula is C11H19N3. The molecule has 78 valence electrons. The number of hydrogen-bond donors (Lipinski definition) is 2. The van der Waals surface area contributed by atoms with Crippen molar-refractivity contribution >= 4 is 5.82 Å². The van der Waals surface area contributed by atoms with Crippen molar-refractivity contribution in [2.45, 2.75) is 26.3 Å². The second-order valence-electron chi connectivity index (χ2n) is 3.65. The highest BCUT2D eigenvalue weighted by Gasteiger charge is 2.09. The summed E-state index contributed by atoms with van der Waals surface area (Å²) in [5.74, 6) is 1.44. The van der Waals surface area contributed by atoms with Crippen molar-refractivity contribution in [3.05, 3.63) is 24.4 Å². The van der Waals surface area contributed by atoms with E-state index in [0.29, 0.717) is 5.92 Å². The molecule has 0 unspecified atom stereocenters. The van der Waals surface area contributed by atoms with Gasteiger partial charge in [-0.1, -0.05) is 26.3 Å². The summed E-state index contributed by atoms with van der Waals surface area (Å²) in [5.41, 5.74) is 5.99. The molecule has 0 aliphatic carbocycles. The van der Waals surface area contributed by atoms with Gasteiger partial charge in [-0.15, -0.1) is 0 Å². The van der Waals surface area contributed by atoms with Crippen molar-refractivity contribution in [3.8, 4) is 0 Å². The molecule has 0 saturated heterocycles. The summed E-state index contributed by atoms with van der Waals surface area (Å²) in [6.07, 6.45) is 2.89. The lowest BCUT2D eigenvalue weighted by atomic mass is 10.0. The minimum absolute atomic E-state index is 0.196. The SMILES string of the molecule is CC[C@H](C)[C@H](N)CNc1ccccn1. The molecule has 0 radical (unpaired) electrons. The highest BCUT2D eigenvalue weighted by atomic mass is 15.0. The Balaban J connectivity index is 2.34. The van der Waals surface area contributed by atoms with Gasteiger partial charge in [0.2, 0.25) is 0 Å². The van der Waals surface area contributed by atoms with E-state index >= 15 is 0 Å². The lowest BCUT2D eigenvalue weighted by Gasteiger charge is -2.18. The molecule has 2 atom stereocenters. The van der Waals surface area contributed by atoms with E-state index in [1.807, 2.05) is 18.2 Å². The molecule has 3 heteroatoms. The van der Waals surface area contributed by atoms with Crippen LogP contribution in [0.25, 0.3) is 0 Å². The van der Waals surface area contributed by atoms with Gasteiger partial charge in [0.25, 0.3) is 0 Å². The number of nitrogens with two attached hydrogens (primary N) is 1. The van der Waals surface area contributed by atoms with Gasteiger partial charge in [-0.05, 0) is 18.1 Å². The standard InChI is InChI=1S/C11H19N3/c1-3-9(2)10(12)8-14-11-6-4-5-7-13-11/h4-7,9-10H,3,8,12H2,1-2H3,(H,13,14)/t9-,10+/m0/s1. The van der Waals surface area contributed by atoms with Crippen LogP contribution in [0.5, 0.6) is 0 Å². The van der Waals surface area contributed by atoms with Crippen molar-refractivity contribution in [1.82, 2.24) is 4.98 Å². The molecule has 0 fully saturated rings. The molecule has 1 heterocycles. The summed E-state index contributed by atoms with van der Waals surface area (Å²) in [5, 5.41) is 3.22. The van der Waals surface area contributed by atoms with Crippen LogP contribution in [0.2, 0.25) is 0 Å². The predicted molar refractivity (Wildman–Crippen MR) is 60.2 cm³/mol. The normalized spacial score (nSPS) is 14.8. The molecule has 1 rings (SSSR count). The van der Waals surface area contributed by atoms with Crippen molar-refractivity contribution in [2.24, 2.45) is 11.7 Å². The zero-order valence-electron chi connectivity index (χ0n) is 8.90. The molecule has 14 heavy (non-hydrogen) atoms. The fraction of sp³-hybridized carbons (Fsp3) is 0.545. The Labute approximate surface area is 85.7 Å². The van der Waals surface area contributed by atoms with Gasteiger partial charge in [0.15, 0.2) is 0 Å². The van der Waals surface area contributed by atoms with Crippen LogP contribution in [0.1, 0.15) is 20.3 Å². The van der Waals surface area contributed by atoms with E-state index in [-0.39, 0.29) is 6.04 Å². The molecule has 0 bridgehead atoms. The quantitative estimate of drug-likeness (QED) is 0.750. The summed E-state index contributed by atoms with van der Waals surface area (Å²) in [4.78, 5) is 4.17. The molecule has 1 aromatic heterocycles. The van der Waals surface area contributed by atoms with Gasteiger partial charge in [0, 0.05) is 18.8 Å². The molecule has 0 amide bonds. The monoisotopic (exact) mass is 193 g/mol. The van der Waals surface area contributed by atoms with Gasteiger partial charge in [-0.25, -0.2) is 4.98 Å². The third-order valence-corrected chi connectivity index (χ3v) is 2.56. The van der Waals surface area contributed by atoms with Crippen molar-refractivity contribution in [2.75, 3.05) is 11.9 Å². The zero-order chi connectivity index (χ0) is 10.4. The number of anilines is 1. The average molecular weight is 193 g/mol. The number of hydrogen-bond acceptors (Lipinski definition) is 3. The lowest BCUT2D eigenvalue weighted by Crippen LogP contribution is -2.35. The number of nitrogens with one attached hydrogen (secondary N) is 1. The Morgan fingerprint density at radius 1 is 1.50 bits per heavy atom. The molecule has 0 saturated carbocycles. The number of pyridine rings is 1. The predicted octanol–water partition coefficient (Wildman–Crippen LogP) is 1.87. The van der Waals surface area contributed by atoms with E-state index in [1.54, 1.807) is 6.20 Å². The van der Waals surface area contributed by atoms with E-state index in [2.05, 4.69) is 24.1 Å². The summed E-state index contributed by atoms with van der Waals surface area (Å²) in [6, 6.07) is 6.01. The first-order chi connectivity index (χ1) is 6.74. The maximum atomic E-state index is 5.99. The Kier molecular flexibility index (Phi) is 4.40. The van der Waals surface area contributed by atoms with Crippen LogP contribution in [0.4, 0.5) is 5.82 Å². The van der Waals surface area contributed by atoms with Gasteiger partial charge >= 0.3 is 0 Å². The zero-order valence-corrected chi connectivity index (χ0v) is 8.90. The van der Waals surface area contributed by atoms with E-state index in [1.165, 1.54) is 0 Å². The topological polar surface area (TPSA) is 50.9 Å². The Hall–Kier alpha value is -1.09. The highest BCUT2D eigenvalue weighted by Crippen LogP contribution is 2.06. The number of nitrogens with zero attached hydrogens (tertiary/aromatic N) is 1. The van der Waals surface area contributed by atoms with Crippen LogP contribution < -0.4 is 11.1 Å².